The Bertz CT molecular complexity index is 63.2. The SMILES string of the molecule is CCCO[N+](=O)[O-]. The highest BCUT2D eigenvalue weighted by molar-refractivity contribution is 4.14. The van der Waals surface area contributed by atoms with Crippen LogP contribution >= 0.6 is 0 Å². The number of rotatable bonds is 3. The highest BCUT2D eigenvalue weighted by Gasteiger charge is 1.87. The van der Waals surface area contributed by atoms with Gasteiger partial charge in [0.1, 0.15) is 0 Å². The van der Waals surface area contributed by atoms with Gasteiger partial charge in [0.25, 0.3) is 5.09 Å². The van der Waals surface area contributed by atoms with E-state index in [1.165, 1.54) is 0 Å². The minimum atomic E-state index is -0.788. The summed E-state index contributed by atoms with van der Waals surface area (Å²) >= 11 is 0. The van der Waals surface area contributed by atoms with Gasteiger partial charge < -0.3 is 4.84 Å². The highest BCUT2D eigenvalue weighted by Crippen LogP contribution is 1.77. The molecule has 0 fully saturated rings. The van der Waals surface area contributed by atoms with Crippen molar-refractivity contribution in [1.82, 2.24) is 0 Å². The van der Waals surface area contributed by atoms with Crippen LogP contribution in [0.1, 0.15) is 13.3 Å². The van der Waals surface area contributed by atoms with Crippen LogP contribution in [0, 0.1) is 10.1 Å². The van der Waals surface area contributed by atoms with Gasteiger partial charge in [-0.1, -0.05) is 6.92 Å². The van der Waals surface area contributed by atoms with Crippen molar-refractivity contribution in [2.24, 2.45) is 0 Å². The maximum absolute atomic E-state index is 9.34. The molecule has 42 valence electrons. The average Bonchev–Trinajstić information content (AvgIpc) is 1.61. The van der Waals surface area contributed by atoms with Gasteiger partial charge in [0.2, 0.25) is 0 Å². The predicted octanol–water partition coefficient (Wildman–Crippen LogP) is 0.605. The van der Waals surface area contributed by atoms with Gasteiger partial charge in [-0.3, -0.25) is 0 Å². The fourth-order valence-electron chi connectivity index (χ4n) is 0.166. The molecule has 0 aromatic carbocycles. The second-order valence-corrected chi connectivity index (χ2v) is 1.06. The molecule has 0 amide bonds. The molecule has 0 aromatic heterocycles. The largest absolute Gasteiger partial charge is 0.314 e. The van der Waals surface area contributed by atoms with E-state index < -0.39 is 5.09 Å². The number of hydrogen-bond acceptors (Lipinski definition) is 3. The summed E-state index contributed by atoms with van der Waals surface area (Å²) in [4.78, 5) is 13.3. The van der Waals surface area contributed by atoms with Crippen molar-refractivity contribution in [3.05, 3.63) is 10.1 Å². The molecule has 0 aliphatic carbocycles. The molecule has 0 radical (unpaired) electrons. The van der Waals surface area contributed by atoms with Crippen molar-refractivity contribution in [3.63, 3.8) is 0 Å². The molecule has 0 unspecified atom stereocenters. The molecule has 0 N–H and O–H groups in total. The van der Waals surface area contributed by atoms with Crippen LogP contribution in [0.2, 0.25) is 0 Å². The molecule has 0 aliphatic rings. The summed E-state index contributed by atoms with van der Waals surface area (Å²) in [5, 5.41) is 8.55. The second-order valence-electron chi connectivity index (χ2n) is 1.06. The standard InChI is InChI=1S/C3H7NO3/c1-2-3-7-4(5)6/h2-3H2,1H3. The van der Waals surface area contributed by atoms with E-state index in [0.717, 1.165) is 0 Å². The monoisotopic (exact) mass is 105 g/mol. The Labute approximate surface area is 41.2 Å². The first kappa shape index (κ1) is 6.20. The fourth-order valence-corrected chi connectivity index (χ4v) is 0.166. The van der Waals surface area contributed by atoms with E-state index >= 15 is 0 Å². The van der Waals surface area contributed by atoms with Crippen LogP contribution < -0.4 is 0 Å². The first-order valence-corrected chi connectivity index (χ1v) is 2.04. The molecule has 0 aromatic rings. The van der Waals surface area contributed by atoms with Crippen LogP contribution in [0.3, 0.4) is 0 Å². The lowest BCUT2D eigenvalue weighted by Gasteiger charge is -1.88. The zero-order chi connectivity index (χ0) is 5.70. The van der Waals surface area contributed by atoms with Crippen LogP contribution in [0.4, 0.5) is 0 Å². The molecule has 7 heavy (non-hydrogen) atoms. The summed E-state index contributed by atoms with van der Waals surface area (Å²) in [5.74, 6) is 0. The average molecular weight is 105 g/mol. The molecular formula is C3H7NO3. The zero-order valence-corrected chi connectivity index (χ0v) is 4.09. The number of hydrogen-bond donors (Lipinski definition) is 0. The van der Waals surface area contributed by atoms with Crippen molar-refractivity contribution in [3.8, 4) is 0 Å². The van der Waals surface area contributed by atoms with Gasteiger partial charge in [-0.15, -0.1) is 10.1 Å². The highest BCUT2D eigenvalue weighted by atomic mass is 16.9. The van der Waals surface area contributed by atoms with Gasteiger partial charge in [-0.25, -0.2) is 0 Å². The lowest BCUT2D eigenvalue weighted by molar-refractivity contribution is -0.757. The fraction of sp³-hybridized carbons (Fsp3) is 1.00. The Morgan fingerprint density at radius 2 is 2.43 bits per heavy atom. The molecule has 0 saturated heterocycles. The maximum atomic E-state index is 9.34. The van der Waals surface area contributed by atoms with Crippen LogP contribution in [-0.2, 0) is 4.84 Å². The normalized spacial score (nSPS) is 8.14. The van der Waals surface area contributed by atoms with E-state index in [9.17, 15) is 10.1 Å². The van der Waals surface area contributed by atoms with E-state index in [1.807, 2.05) is 6.92 Å². The van der Waals surface area contributed by atoms with Crippen molar-refractivity contribution >= 4 is 0 Å². The summed E-state index contributed by atoms with van der Waals surface area (Å²) in [7, 11) is 0. The molecule has 0 atom stereocenters. The third-order valence-electron chi connectivity index (χ3n) is 0.401. The lowest BCUT2D eigenvalue weighted by atomic mass is 10.5. The van der Waals surface area contributed by atoms with Crippen LogP contribution in [0.5, 0.6) is 0 Å². The van der Waals surface area contributed by atoms with E-state index in [2.05, 4.69) is 4.84 Å². The quantitative estimate of drug-likeness (QED) is 0.390. The molecule has 4 heteroatoms. The van der Waals surface area contributed by atoms with Gasteiger partial charge in [-0.2, -0.15) is 0 Å². The third-order valence-corrected chi connectivity index (χ3v) is 0.401. The summed E-state index contributed by atoms with van der Waals surface area (Å²) in [6.45, 7) is 2.01. The molecule has 0 rings (SSSR count). The smallest absolute Gasteiger partial charge is 0.294 e. The van der Waals surface area contributed by atoms with Crippen LogP contribution in [0.25, 0.3) is 0 Å². The summed E-state index contributed by atoms with van der Waals surface area (Å²) in [6, 6.07) is 0. The van der Waals surface area contributed by atoms with Crippen molar-refractivity contribution in [2.75, 3.05) is 6.61 Å². The molecule has 0 saturated carbocycles. The minimum absolute atomic E-state index is 0.201. The summed E-state index contributed by atoms with van der Waals surface area (Å²) < 4.78 is 0. The molecule has 0 spiro atoms. The topological polar surface area (TPSA) is 52.4 Å². The summed E-state index contributed by atoms with van der Waals surface area (Å²) in [5.41, 5.74) is 0. The Morgan fingerprint density at radius 3 is 2.57 bits per heavy atom. The van der Waals surface area contributed by atoms with Gasteiger partial charge in [-0.05, 0) is 6.42 Å². The molecule has 0 aliphatic heterocycles. The van der Waals surface area contributed by atoms with E-state index in [1.54, 1.807) is 0 Å². The third kappa shape index (κ3) is 5.20. The Hall–Kier alpha value is -0.800. The van der Waals surface area contributed by atoms with Crippen molar-refractivity contribution in [2.45, 2.75) is 13.3 Å². The minimum Gasteiger partial charge on any atom is -0.314 e. The van der Waals surface area contributed by atoms with E-state index in [0.29, 0.717) is 6.42 Å². The van der Waals surface area contributed by atoms with E-state index in [-0.39, 0.29) is 6.61 Å². The van der Waals surface area contributed by atoms with Crippen molar-refractivity contribution < 1.29 is 9.92 Å². The maximum Gasteiger partial charge on any atom is 0.294 e. The first-order valence-electron chi connectivity index (χ1n) is 2.04. The second kappa shape index (κ2) is 3.39. The van der Waals surface area contributed by atoms with Gasteiger partial charge in [0.05, 0.1) is 6.61 Å². The number of nitrogens with zero attached hydrogens (tertiary/aromatic N) is 1. The van der Waals surface area contributed by atoms with Crippen LogP contribution in [0.15, 0.2) is 0 Å². The van der Waals surface area contributed by atoms with Gasteiger partial charge in [0.15, 0.2) is 0 Å². The molecule has 4 nitrogen and oxygen atoms in total. The van der Waals surface area contributed by atoms with Gasteiger partial charge >= 0.3 is 0 Å². The predicted molar refractivity (Wildman–Crippen MR) is 23.2 cm³/mol. The Morgan fingerprint density at radius 1 is 1.86 bits per heavy atom. The zero-order valence-electron chi connectivity index (χ0n) is 4.09. The Balaban J connectivity index is 2.82. The lowest BCUT2D eigenvalue weighted by Crippen LogP contribution is -1.99. The van der Waals surface area contributed by atoms with Crippen molar-refractivity contribution in [1.29, 1.82) is 0 Å². The Kier molecular flexibility index (Phi) is 3.00. The van der Waals surface area contributed by atoms with Gasteiger partial charge in [0, 0.05) is 0 Å². The van der Waals surface area contributed by atoms with Crippen LogP contribution in [-0.4, -0.2) is 11.7 Å². The first-order chi connectivity index (χ1) is 3.27. The molecule has 0 bridgehead atoms. The molecule has 0 heterocycles. The summed E-state index contributed by atoms with van der Waals surface area (Å²) in [6.07, 6.45) is 0.682. The van der Waals surface area contributed by atoms with E-state index in [4.69, 9.17) is 0 Å². The molecular weight excluding hydrogens is 98.0 g/mol.